The van der Waals surface area contributed by atoms with E-state index < -0.39 is 0 Å². The van der Waals surface area contributed by atoms with Crippen molar-refractivity contribution in [2.75, 3.05) is 58.4 Å². The lowest BCUT2D eigenvalue weighted by molar-refractivity contribution is 0.266. The molecule has 2 aromatic carbocycles. The number of rotatable bonds is 4. The van der Waals surface area contributed by atoms with E-state index in [0.29, 0.717) is 5.92 Å². The second-order valence-corrected chi connectivity index (χ2v) is 7.45. The molecule has 0 aliphatic carbocycles. The molecule has 1 unspecified atom stereocenters. The standard InChI is InChI=1S/C23H30N4O2.HI/c1-24-23(25-17-18-11-16-29-21-9-5-3-7-19(18)21)27-14-12-26(13-15-27)20-8-4-6-10-22(20)28-2;/h3-10,18H,11-17H2,1-2H3,(H,24,25);1H. The highest BCUT2D eigenvalue weighted by molar-refractivity contribution is 14.0. The molecular weight excluding hydrogens is 491 g/mol. The van der Waals surface area contributed by atoms with E-state index in [-0.39, 0.29) is 24.0 Å². The van der Waals surface area contributed by atoms with Gasteiger partial charge in [-0.2, -0.15) is 0 Å². The summed E-state index contributed by atoms with van der Waals surface area (Å²) in [6.07, 6.45) is 1.03. The van der Waals surface area contributed by atoms with Crippen LogP contribution in [-0.4, -0.2) is 64.3 Å². The average molecular weight is 522 g/mol. The molecule has 0 saturated carbocycles. The topological polar surface area (TPSA) is 49.3 Å². The summed E-state index contributed by atoms with van der Waals surface area (Å²) in [7, 11) is 3.60. The van der Waals surface area contributed by atoms with Crippen LogP contribution < -0.4 is 19.7 Å². The number of nitrogens with zero attached hydrogens (tertiary/aromatic N) is 3. The smallest absolute Gasteiger partial charge is 0.193 e. The number of benzene rings is 2. The Morgan fingerprint density at radius 2 is 1.83 bits per heavy atom. The predicted molar refractivity (Wildman–Crippen MR) is 133 cm³/mol. The SMILES string of the molecule is CN=C(NCC1CCOc2ccccc21)N1CCN(c2ccccc2OC)CC1.I. The normalized spacial score (nSPS) is 18.7. The molecule has 2 aliphatic rings. The maximum Gasteiger partial charge on any atom is 0.193 e. The van der Waals surface area contributed by atoms with E-state index in [1.807, 2.05) is 25.2 Å². The van der Waals surface area contributed by atoms with Crippen LogP contribution in [0.5, 0.6) is 11.5 Å². The number of hydrogen-bond acceptors (Lipinski definition) is 4. The molecule has 1 atom stereocenters. The van der Waals surface area contributed by atoms with Gasteiger partial charge in [0.05, 0.1) is 19.4 Å². The summed E-state index contributed by atoms with van der Waals surface area (Å²) >= 11 is 0. The Balaban J connectivity index is 0.00000256. The number of nitrogens with one attached hydrogen (secondary N) is 1. The fraction of sp³-hybridized carbons (Fsp3) is 0.435. The van der Waals surface area contributed by atoms with Crippen molar-refractivity contribution in [1.29, 1.82) is 0 Å². The first-order chi connectivity index (χ1) is 14.3. The highest BCUT2D eigenvalue weighted by Crippen LogP contribution is 2.33. The number of fused-ring (bicyclic) bond motifs is 1. The Bertz CT molecular complexity index is 853. The number of guanidine groups is 1. The third kappa shape index (κ3) is 4.94. The fourth-order valence-corrected chi connectivity index (χ4v) is 4.22. The molecule has 0 aromatic heterocycles. The Labute approximate surface area is 196 Å². The minimum absolute atomic E-state index is 0. The number of piperazine rings is 1. The average Bonchev–Trinajstić information content (AvgIpc) is 2.80. The van der Waals surface area contributed by atoms with Crippen molar-refractivity contribution in [3.63, 3.8) is 0 Å². The number of para-hydroxylation sites is 3. The zero-order valence-corrected chi connectivity index (χ0v) is 20.0. The van der Waals surface area contributed by atoms with Crippen LogP contribution in [0.3, 0.4) is 0 Å². The Hall–Kier alpha value is -2.16. The van der Waals surface area contributed by atoms with Gasteiger partial charge in [-0.15, -0.1) is 24.0 Å². The van der Waals surface area contributed by atoms with E-state index in [1.165, 1.54) is 5.56 Å². The lowest BCUT2D eigenvalue weighted by Crippen LogP contribution is -2.53. The highest BCUT2D eigenvalue weighted by Gasteiger charge is 2.24. The lowest BCUT2D eigenvalue weighted by atomic mass is 9.93. The molecule has 7 heteroatoms. The third-order valence-electron chi connectivity index (χ3n) is 5.81. The number of anilines is 1. The molecule has 30 heavy (non-hydrogen) atoms. The summed E-state index contributed by atoms with van der Waals surface area (Å²) in [6.45, 7) is 5.41. The van der Waals surface area contributed by atoms with Crippen LogP contribution in [0.1, 0.15) is 17.9 Å². The van der Waals surface area contributed by atoms with Gasteiger partial charge in [0.1, 0.15) is 11.5 Å². The van der Waals surface area contributed by atoms with Crippen LogP contribution in [0.4, 0.5) is 5.69 Å². The summed E-state index contributed by atoms with van der Waals surface area (Å²) in [6, 6.07) is 16.6. The van der Waals surface area contributed by atoms with Gasteiger partial charge in [0.15, 0.2) is 5.96 Å². The Morgan fingerprint density at radius 1 is 1.10 bits per heavy atom. The van der Waals surface area contributed by atoms with Crippen LogP contribution in [0.15, 0.2) is 53.5 Å². The van der Waals surface area contributed by atoms with Crippen LogP contribution in [0, 0.1) is 0 Å². The molecule has 0 amide bonds. The van der Waals surface area contributed by atoms with Crippen molar-refractivity contribution in [2.24, 2.45) is 4.99 Å². The predicted octanol–water partition coefficient (Wildman–Crippen LogP) is 3.58. The molecule has 6 nitrogen and oxygen atoms in total. The molecule has 1 fully saturated rings. The van der Waals surface area contributed by atoms with Crippen molar-refractivity contribution < 1.29 is 9.47 Å². The lowest BCUT2D eigenvalue weighted by Gasteiger charge is -2.38. The van der Waals surface area contributed by atoms with E-state index in [2.05, 4.69) is 50.4 Å². The first-order valence-corrected chi connectivity index (χ1v) is 10.4. The second-order valence-electron chi connectivity index (χ2n) is 7.45. The first kappa shape index (κ1) is 22.5. The summed E-state index contributed by atoms with van der Waals surface area (Å²) in [5, 5.41) is 3.60. The molecule has 4 rings (SSSR count). The number of methoxy groups -OCH3 is 1. The molecule has 162 valence electrons. The Morgan fingerprint density at radius 3 is 2.60 bits per heavy atom. The van der Waals surface area contributed by atoms with Gasteiger partial charge in [0, 0.05) is 45.7 Å². The fourth-order valence-electron chi connectivity index (χ4n) is 4.22. The van der Waals surface area contributed by atoms with Crippen LogP contribution >= 0.6 is 24.0 Å². The molecule has 2 aromatic rings. The Kier molecular flexibility index (Phi) is 8.07. The van der Waals surface area contributed by atoms with E-state index in [9.17, 15) is 0 Å². The summed E-state index contributed by atoms with van der Waals surface area (Å²) in [4.78, 5) is 9.27. The summed E-state index contributed by atoms with van der Waals surface area (Å²) < 4.78 is 11.3. The van der Waals surface area contributed by atoms with E-state index in [1.54, 1.807) is 7.11 Å². The van der Waals surface area contributed by atoms with Gasteiger partial charge in [0.25, 0.3) is 0 Å². The number of ether oxygens (including phenoxy) is 2. The molecular formula is C23H31IN4O2. The number of halogens is 1. The minimum atomic E-state index is 0. The van der Waals surface area contributed by atoms with Crippen molar-refractivity contribution in [1.82, 2.24) is 10.2 Å². The largest absolute Gasteiger partial charge is 0.495 e. The van der Waals surface area contributed by atoms with Gasteiger partial charge < -0.3 is 24.6 Å². The number of aliphatic imine (C=N–C) groups is 1. The van der Waals surface area contributed by atoms with Gasteiger partial charge in [-0.05, 0) is 30.2 Å². The first-order valence-electron chi connectivity index (χ1n) is 10.4. The molecule has 0 spiro atoms. The molecule has 1 saturated heterocycles. The van der Waals surface area contributed by atoms with Gasteiger partial charge >= 0.3 is 0 Å². The maximum absolute atomic E-state index is 5.79. The highest BCUT2D eigenvalue weighted by atomic mass is 127. The van der Waals surface area contributed by atoms with Crippen molar-refractivity contribution >= 4 is 35.6 Å². The van der Waals surface area contributed by atoms with Crippen LogP contribution in [0.2, 0.25) is 0 Å². The van der Waals surface area contributed by atoms with E-state index in [4.69, 9.17) is 9.47 Å². The van der Waals surface area contributed by atoms with Gasteiger partial charge in [-0.1, -0.05) is 30.3 Å². The minimum Gasteiger partial charge on any atom is -0.495 e. The molecule has 0 radical (unpaired) electrons. The van der Waals surface area contributed by atoms with Gasteiger partial charge in [-0.3, -0.25) is 4.99 Å². The molecule has 2 aliphatic heterocycles. The van der Waals surface area contributed by atoms with Gasteiger partial charge in [0.2, 0.25) is 0 Å². The van der Waals surface area contributed by atoms with Crippen molar-refractivity contribution in [3.05, 3.63) is 54.1 Å². The molecule has 2 heterocycles. The molecule has 1 N–H and O–H groups in total. The van der Waals surface area contributed by atoms with Crippen molar-refractivity contribution in [2.45, 2.75) is 12.3 Å². The van der Waals surface area contributed by atoms with Crippen molar-refractivity contribution in [3.8, 4) is 11.5 Å². The third-order valence-corrected chi connectivity index (χ3v) is 5.81. The zero-order chi connectivity index (χ0) is 20.1. The van der Waals surface area contributed by atoms with Crippen LogP contribution in [-0.2, 0) is 0 Å². The van der Waals surface area contributed by atoms with Gasteiger partial charge in [-0.25, -0.2) is 0 Å². The quantitative estimate of drug-likeness (QED) is 0.378. The summed E-state index contributed by atoms with van der Waals surface area (Å²) in [5.74, 6) is 3.38. The zero-order valence-electron chi connectivity index (χ0n) is 17.7. The van der Waals surface area contributed by atoms with Crippen LogP contribution in [0.25, 0.3) is 0 Å². The second kappa shape index (κ2) is 10.7. The summed E-state index contributed by atoms with van der Waals surface area (Å²) in [5.41, 5.74) is 2.46. The monoisotopic (exact) mass is 522 g/mol. The van der Waals surface area contributed by atoms with E-state index in [0.717, 1.165) is 68.9 Å². The number of hydrogen-bond donors (Lipinski definition) is 1. The maximum atomic E-state index is 5.79. The molecule has 0 bridgehead atoms. The van der Waals surface area contributed by atoms with E-state index >= 15 is 0 Å².